The number of esters is 1. The zero-order valence-electron chi connectivity index (χ0n) is 19.5. The van der Waals surface area contributed by atoms with Crippen LogP contribution in [-0.2, 0) is 25.7 Å². The molecule has 8 heteroatoms. The lowest BCUT2D eigenvalue weighted by Crippen LogP contribution is -2.45. The smallest absolute Gasteiger partial charge is 0.410 e. The monoisotopic (exact) mass is 467 g/mol. The highest BCUT2D eigenvalue weighted by Gasteiger charge is 2.52. The van der Waals surface area contributed by atoms with Gasteiger partial charge in [0.05, 0.1) is 13.0 Å². The molecule has 2 aromatic carbocycles. The van der Waals surface area contributed by atoms with E-state index in [0.717, 1.165) is 21.6 Å². The molecule has 0 aliphatic carbocycles. The number of ketones is 1. The quantitative estimate of drug-likeness (QED) is 0.465. The van der Waals surface area contributed by atoms with Crippen LogP contribution in [0, 0.1) is 25.7 Å². The lowest BCUT2D eigenvalue weighted by atomic mass is 9.82. The van der Waals surface area contributed by atoms with Crippen molar-refractivity contribution in [3.63, 3.8) is 0 Å². The number of benzene rings is 2. The number of carboxylic acids is 1. The summed E-state index contributed by atoms with van der Waals surface area (Å²) in [6.07, 6.45) is -1.26. The first-order valence-electron chi connectivity index (χ1n) is 11.2. The van der Waals surface area contributed by atoms with Gasteiger partial charge in [0.2, 0.25) is 0 Å². The normalized spacial score (nSPS) is 19.5. The van der Waals surface area contributed by atoms with Crippen LogP contribution < -0.4 is 0 Å². The average Bonchev–Trinajstić information content (AvgIpc) is 3.18. The Morgan fingerprint density at radius 2 is 1.71 bits per heavy atom. The summed E-state index contributed by atoms with van der Waals surface area (Å²) >= 11 is 0. The Morgan fingerprint density at radius 3 is 2.32 bits per heavy atom. The molecule has 1 N–H and O–H groups in total. The molecule has 0 saturated carbocycles. The van der Waals surface area contributed by atoms with Crippen LogP contribution in [0.15, 0.2) is 48.5 Å². The molecule has 180 valence electrons. The summed E-state index contributed by atoms with van der Waals surface area (Å²) in [6.45, 7) is 5.32. The molecule has 1 aliphatic rings. The molecule has 3 atom stereocenters. The second kappa shape index (κ2) is 11.0. The predicted molar refractivity (Wildman–Crippen MR) is 123 cm³/mol. The fraction of sp³-hybridized carbons (Fsp3) is 0.385. The number of aryl methyl sites for hydroxylation is 2. The van der Waals surface area contributed by atoms with Gasteiger partial charge >= 0.3 is 18.0 Å². The van der Waals surface area contributed by atoms with Gasteiger partial charge in [-0.2, -0.15) is 0 Å². The van der Waals surface area contributed by atoms with Crippen LogP contribution in [0.3, 0.4) is 0 Å². The number of carboxylic acid groups (broad SMARTS) is 1. The minimum absolute atomic E-state index is 0.0227. The second-order valence-electron chi connectivity index (χ2n) is 8.42. The Hall–Kier alpha value is -3.68. The highest BCUT2D eigenvalue weighted by molar-refractivity contribution is 6.00. The van der Waals surface area contributed by atoms with Crippen LogP contribution in [0.25, 0.3) is 0 Å². The Balaban J connectivity index is 1.92. The third-order valence-corrected chi connectivity index (χ3v) is 6.16. The molecule has 0 radical (unpaired) electrons. The van der Waals surface area contributed by atoms with Gasteiger partial charge in [-0.25, -0.2) is 9.59 Å². The maximum atomic E-state index is 13.5. The number of aliphatic carboxylic acids is 1. The third kappa shape index (κ3) is 5.62. The van der Waals surface area contributed by atoms with Crippen LogP contribution in [0.5, 0.6) is 0 Å². The van der Waals surface area contributed by atoms with Gasteiger partial charge in [-0.05, 0) is 43.5 Å². The van der Waals surface area contributed by atoms with Gasteiger partial charge in [0.1, 0.15) is 12.6 Å². The van der Waals surface area contributed by atoms with Gasteiger partial charge in [0.25, 0.3) is 0 Å². The number of carbonyl (C=O) groups excluding carboxylic acids is 3. The van der Waals surface area contributed by atoms with Crippen molar-refractivity contribution in [3.05, 3.63) is 70.8 Å². The number of rotatable bonds is 8. The number of amides is 1. The summed E-state index contributed by atoms with van der Waals surface area (Å²) in [4.78, 5) is 52.1. The number of ether oxygens (including phenoxy) is 2. The van der Waals surface area contributed by atoms with E-state index >= 15 is 0 Å². The zero-order chi connectivity index (χ0) is 24.8. The van der Waals surface area contributed by atoms with Crippen molar-refractivity contribution in [1.29, 1.82) is 0 Å². The van der Waals surface area contributed by atoms with E-state index < -0.39 is 42.3 Å². The predicted octanol–water partition coefficient (Wildman–Crippen LogP) is 3.78. The summed E-state index contributed by atoms with van der Waals surface area (Å²) in [6, 6.07) is 13.0. The molecule has 1 aliphatic heterocycles. The Bertz CT molecular complexity index is 1070. The van der Waals surface area contributed by atoms with Gasteiger partial charge in [0.15, 0.2) is 5.78 Å². The zero-order valence-corrected chi connectivity index (χ0v) is 19.5. The number of hydrogen-bond acceptors (Lipinski definition) is 6. The first-order chi connectivity index (χ1) is 16.2. The molecular formula is C26H29NO7. The van der Waals surface area contributed by atoms with E-state index in [0.29, 0.717) is 5.56 Å². The van der Waals surface area contributed by atoms with Crippen molar-refractivity contribution >= 4 is 23.8 Å². The highest BCUT2D eigenvalue weighted by Crippen LogP contribution is 2.36. The van der Waals surface area contributed by atoms with Crippen molar-refractivity contribution in [1.82, 2.24) is 4.90 Å². The molecule has 0 bridgehead atoms. The van der Waals surface area contributed by atoms with Gasteiger partial charge in [-0.1, -0.05) is 42.5 Å². The van der Waals surface area contributed by atoms with Crippen molar-refractivity contribution in [2.24, 2.45) is 11.8 Å². The molecule has 8 nitrogen and oxygen atoms in total. The summed E-state index contributed by atoms with van der Waals surface area (Å²) in [5.74, 6) is -4.08. The summed E-state index contributed by atoms with van der Waals surface area (Å²) in [5, 5.41) is 9.53. The van der Waals surface area contributed by atoms with Crippen molar-refractivity contribution in [2.45, 2.75) is 39.8 Å². The highest BCUT2D eigenvalue weighted by atomic mass is 16.6. The topological polar surface area (TPSA) is 110 Å². The van der Waals surface area contributed by atoms with E-state index in [-0.39, 0.29) is 25.5 Å². The van der Waals surface area contributed by atoms with E-state index in [1.165, 1.54) is 0 Å². The minimum atomic E-state index is -1.24. The van der Waals surface area contributed by atoms with Gasteiger partial charge in [-0.15, -0.1) is 0 Å². The molecule has 1 amide bonds. The maximum Gasteiger partial charge on any atom is 0.410 e. The summed E-state index contributed by atoms with van der Waals surface area (Å²) in [7, 11) is 0. The fourth-order valence-electron chi connectivity index (χ4n) is 4.27. The van der Waals surface area contributed by atoms with Gasteiger partial charge < -0.3 is 14.6 Å². The fourth-order valence-corrected chi connectivity index (χ4v) is 4.27. The van der Waals surface area contributed by atoms with E-state index in [1.54, 1.807) is 31.2 Å². The maximum absolute atomic E-state index is 13.5. The van der Waals surface area contributed by atoms with Crippen molar-refractivity contribution in [2.75, 3.05) is 13.2 Å². The van der Waals surface area contributed by atoms with E-state index in [4.69, 9.17) is 9.47 Å². The number of hydrogen-bond donors (Lipinski definition) is 1. The summed E-state index contributed by atoms with van der Waals surface area (Å²) in [5.41, 5.74) is 3.10. The molecular weight excluding hydrogens is 438 g/mol. The molecule has 1 saturated heterocycles. The first kappa shape index (κ1) is 25.0. The molecule has 0 spiro atoms. The second-order valence-corrected chi connectivity index (χ2v) is 8.42. The number of nitrogens with zero attached hydrogens (tertiary/aromatic N) is 1. The van der Waals surface area contributed by atoms with Crippen LogP contribution in [0.4, 0.5) is 4.79 Å². The largest absolute Gasteiger partial charge is 0.481 e. The molecule has 0 aromatic heterocycles. The van der Waals surface area contributed by atoms with Crippen LogP contribution >= 0.6 is 0 Å². The number of likely N-dealkylation sites (tertiary alicyclic amines) is 1. The van der Waals surface area contributed by atoms with E-state index in [2.05, 4.69) is 0 Å². The van der Waals surface area contributed by atoms with Crippen molar-refractivity contribution < 1.29 is 33.8 Å². The number of Topliss-reactive ketones (excluding diaryl/α,β-unsaturated/α-hetero) is 1. The standard InChI is InChI=1S/C26H29NO7/c1-4-33-25(31)23-20(13-22(28)29)21(24(30)19-11-10-16(2)17(3)12-19)14-27(23)26(32)34-15-18-8-6-5-7-9-18/h5-12,20-21,23H,4,13-15H2,1-3H3,(H,28,29)/t20-,21-,23-/m0/s1. The van der Waals surface area contributed by atoms with E-state index in [9.17, 15) is 24.3 Å². The molecule has 3 rings (SSSR count). The molecule has 34 heavy (non-hydrogen) atoms. The Kier molecular flexibility index (Phi) is 8.04. The molecule has 1 fully saturated rings. The van der Waals surface area contributed by atoms with Gasteiger partial charge in [-0.3, -0.25) is 14.5 Å². The Labute approximate surface area is 198 Å². The average molecular weight is 468 g/mol. The van der Waals surface area contributed by atoms with Crippen LogP contribution in [0.1, 0.15) is 40.4 Å². The van der Waals surface area contributed by atoms with Gasteiger partial charge in [0, 0.05) is 23.9 Å². The minimum Gasteiger partial charge on any atom is -0.481 e. The van der Waals surface area contributed by atoms with Crippen LogP contribution in [0.2, 0.25) is 0 Å². The molecule has 2 aromatic rings. The first-order valence-corrected chi connectivity index (χ1v) is 11.2. The molecule has 1 heterocycles. The van der Waals surface area contributed by atoms with E-state index in [1.807, 2.05) is 38.1 Å². The lowest BCUT2D eigenvalue weighted by molar-refractivity contribution is -0.150. The third-order valence-electron chi connectivity index (χ3n) is 6.16. The molecule has 0 unspecified atom stereocenters. The lowest BCUT2D eigenvalue weighted by Gasteiger charge is -2.25. The van der Waals surface area contributed by atoms with Crippen LogP contribution in [-0.4, -0.2) is 53.0 Å². The summed E-state index contributed by atoms with van der Waals surface area (Å²) < 4.78 is 10.6. The number of carbonyl (C=O) groups is 4. The Morgan fingerprint density at radius 1 is 1.00 bits per heavy atom. The SMILES string of the molecule is CCOC(=O)[C@@H]1[C@@H](CC(=O)O)[C@@H](C(=O)c2ccc(C)c(C)c2)CN1C(=O)OCc1ccccc1. The van der Waals surface area contributed by atoms with Crippen molar-refractivity contribution in [3.8, 4) is 0 Å².